The summed E-state index contributed by atoms with van der Waals surface area (Å²) in [5.74, 6) is -1.42. The predicted octanol–water partition coefficient (Wildman–Crippen LogP) is 1.50. The van der Waals surface area contributed by atoms with Gasteiger partial charge in [-0.2, -0.15) is 0 Å². The van der Waals surface area contributed by atoms with Crippen LogP contribution in [0, 0.1) is 39.9 Å². The Labute approximate surface area is 154 Å². The van der Waals surface area contributed by atoms with E-state index < -0.39 is 22.2 Å². The van der Waals surface area contributed by atoms with Crippen LogP contribution < -0.4 is 0 Å². The van der Waals surface area contributed by atoms with E-state index in [4.69, 9.17) is 0 Å². The van der Waals surface area contributed by atoms with Crippen molar-refractivity contribution < 1.29 is 24.9 Å². The molecule has 0 amide bonds. The molecule has 7 atom stereocenters. The lowest BCUT2D eigenvalue weighted by molar-refractivity contribution is -0.218. The van der Waals surface area contributed by atoms with E-state index in [2.05, 4.69) is 6.58 Å². The first-order chi connectivity index (χ1) is 12.3. The van der Waals surface area contributed by atoms with Gasteiger partial charge < -0.3 is 15.3 Å². The molecular weight excluding hydrogens is 332 g/mol. The molecule has 144 valence electrons. The van der Waals surface area contributed by atoms with Crippen LogP contribution in [0.1, 0.15) is 45.4 Å². The number of hydrogen-bond acceptors (Lipinski definition) is 5. The number of Topliss-reactive ketones (excluding diaryl/α,β-unsaturated/α-hetero) is 2. The van der Waals surface area contributed by atoms with Crippen molar-refractivity contribution >= 4 is 11.6 Å². The van der Waals surface area contributed by atoms with Gasteiger partial charge in [-0.3, -0.25) is 9.59 Å². The number of aliphatic hydroxyl groups excluding tert-OH is 3. The maximum absolute atomic E-state index is 13.7. The second-order valence-corrected chi connectivity index (χ2v) is 9.54. The number of hydrogen-bond donors (Lipinski definition) is 3. The van der Waals surface area contributed by atoms with Gasteiger partial charge in [-0.05, 0) is 60.8 Å². The number of carbonyl (C=O) groups is 2. The third-order valence-corrected chi connectivity index (χ3v) is 8.68. The lowest BCUT2D eigenvalue weighted by Crippen LogP contribution is -2.72. The van der Waals surface area contributed by atoms with Crippen LogP contribution in [-0.2, 0) is 9.59 Å². The number of fused-ring (bicyclic) bond motifs is 3. The second-order valence-electron chi connectivity index (χ2n) is 9.54. The van der Waals surface area contributed by atoms with Crippen molar-refractivity contribution in [1.29, 1.82) is 0 Å². The average Bonchev–Trinajstić information content (AvgIpc) is 2.66. The molecule has 5 saturated carbocycles. The van der Waals surface area contributed by atoms with Crippen LogP contribution in [-0.4, -0.2) is 46.7 Å². The maximum atomic E-state index is 13.7. The minimum Gasteiger partial charge on any atom is -0.396 e. The zero-order valence-corrected chi connectivity index (χ0v) is 15.5. The Bertz CT molecular complexity index is 671. The van der Waals surface area contributed by atoms with Crippen molar-refractivity contribution in [2.24, 2.45) is 39.9 Å². The molecule has 5 nitrogen and oxygen atoms in total. The van der Waals surface area contributed by atoms with Gasteiger partial charge in [0.2, 0.25) is 0 Å². The number of allylic oxidation sites excluding steroid dienone is 1. The Kier molecular flexibility index (Phi) is 4.04. The fraction of sp³-hybridized carbons (Fsp3) is 0.810. The lowest BCUT2D eigenvalue weighted by atomic mass is 9.34. The van der Waals surface area contributed by atoms with Crippen LogP contribution in [0.3, 0.4) is 0 Å². The molecule has 0 radical (unpaired) electrons. The summed E-state index contributed by atoms with van der Waals surface area (Å²) in [4.78, 5) is 26.9. The van der Waals surface area contributed by atoms with Crippen LogP contribution in [0.2, 0.25) is 0 Å². The van der Waals surface area contributed by atoms with Crippen molar-refractivity contribution in [3.63, 3.8) is 0 Å². The zero-order valence-electron chi connectivity index (χ0n) is 15.5. The van der Waals surface area contributed by atoms with Crippen molar-refractivity contribution in [2.75, 3.05) is 19.8 Å². The van der Waals surface area contributed by atoms with Gasteiger partial charge in [-0.1, -0.05) is 19.9 Å². The molecule has 5 fully saturated rings. The van der Waals surface area contributed by atoms with Crippen LogP contribution in [0.25, 0.3) is 0 Å². The SMILES string of the molecule is C=C1C(=O)[C@]23CC[C@H]1CC2[C@]1(CO)CCC[C@@](C)(CO)C1[C@H](CO)C3=O. The quantitative estimate of drug-likeness (QED) is 0.522. The van der Waals surface area contributed by atoms with Gasteiger partial charge in [0.1, 0.15) is 0 Å². The van der Waals surface area contributed by atoms with E-state index in [0.717, 1.165) is 25.7 Å². The summed E-state index contributed by atoms with van der Waals surface area (Å²) in [6, 6.07) is 0. The highest BCUT2D eigenvalue weighted by Gasteiger charge is 2.73. The number of rotatable bonds is 3. The molecule has 0 aromatic carbocycles. The van der Waals surface area contributed by atoms with Crippen molar-refractivity contribution in [3.8, 4) is 0 Å². The minimum atomic E-state index is -1.12. The second kappa shape index (κ2) is 5.73. The molecule has 26 heavy (non-hydrogen) atoms. The summed E-state index contributed by atoms with van der Waals surface area (Å²) in [5.41, 5.74) is -1.68. The molecule has 5 rings (SSSR count). The Balaban J connectivity index is 1.94. The van der Waals surface area contributed by atoms with E-state index in [0.29, 0.717) is 18.4 Å². The standard InChI is InChI=1S/C21H30O5/c1-12-13-4-7-21(17(12)25)15(8-13)20(11-24)6-3-5-19(2,10-23)16(20)14(9-22)18(21)26/h13-16,22-24H,1,3-11H2,2H3/t13-,14-,15?,16?,19-,20+,21-/m0/s1. The lowest BCUT2D eigenvalue weighted by Gasteiger charge is -2.68. The number of aliphatic hydroxyl groups is 3. The number of ketones is 2. The summed E-state index contributed by atoms with van der Waals surface area (Å²) in [6.07, 6.45) is 4.38. The molecular formula is C21H30O5. The predicted molar refractivity (Wildman–Crippen MR) is 95.0 cm³/mol. The molecule has 0 aromatic heterocycles. The fourth-order valence-electron chi connectivity index (χ4n) is 7.61. The van der Waals surface area contributed by atoms with E-state index in [1.807, 2.05) is 6.92 Å². The van der Waals surface area contributed by atoms with Crippen molar-refractivity contribution in [1.82, 2.24) is 0 Å². The average molecular weight is 362 g/mol. The first kappa shape index (κ1) is 18.3. The van der Waals surface area contributed by atoms with E-state index in [1.54, 1.807) is 0 Å². The van der Waals surface area contributed by atoms with Crippen molar-refractivity contribution in [2.45, 2.75) is 45.4 Å². The molecule has 3 N–H and O–H groups in total. The largest absolute Gasteiger partial charge is 0.396 e. The van der Waals surface area contributed by atoms with Crippen LogP contribution in [0.15, 0.2) is 12.2 Å². The monoisotopic (exact) mass is 362 g/mol. The van der Waals surface area contributed by atoms with Crippen LogP contribution >= 0.6 is 0 Å². The maximum Gasteiger partial charge on any atom is 0.172 e. The molecule has 0 saturated heterocycles. The molecule has 0 aliphatic heterocycles. The van der Waals surface area contributed by atoms with Crippen molar-refractivity contribution in [3.05, 3.63) is 12.2 Å². The summed E-state index contributed by atoms with van der Waals surface area (Å²) in [7, 11) is 0. The molecule has 1 spiro atoms. The Morgan fingerprint density at radius 3 is 2.46 bits per heavy atom. The molecule has 2 unspecified atom stereocenters. The summed E-state index contributed by atoms with van der Waals surface area (Å²) in [5, 5.41) is 31.0. The Hall–Kier alpha value is -1.04. The fourth-order valence-corrected chi connectivity index (χ4v) is 7.61. The van der Waals surface area contributed by atoms with E-state index >= 15 is 0 Å². The topological polar surface area (TPSA) is 94.8 Å². The summed E-state index contributed by atoms with van der Waals surface area (Å²) in [6.45, 7) is 5.44. The highest BCUT2D eigenvalue weighted by molar-refractivity contribution is 6.17. The summed E-state index contributed by atoms with van der Waals surface area (Å²) >= 11 is 0. The summed E-state index contributed by atoms with van der Waals surface area (Å²) < 4.78 is 0. The third kappa shape index (κ3) is 1.87. The molecule has 5 aliphatic carbocycles. The molecule has 5 aliphatic rings. The normalized spacial score (nSPS) is 50.5. The van der Waals surface area contributed by atoms with Gasteiger partial charge in [0.25, 0.3) is 0 Å². The van der Waals surface area contributed by atoms with Gasteiger partial charge in [0, 0.05) is 24.5 Å². The zero-order chi connectivity index (χ0) is 18.9. The number of carbonyl (C=O) groups excluding carboxylic acids is 2. The van der Waals surface area contributed by atoms with E-state index in [9.17, 15) is 24.9 Å². The minimum absolute atomic E-state index is 0.0764. The van der Waals surface area contributed by atoms with Gasteiger partial charge >= 0.3 is 0 Å². The van der Waals surface area contributed by atoms with Gasteiger partial charge in [-0.25, -0.2) is 0 Å². The van der Waals surface area contributed by atoms with Gasteiger partial charge in [0.15, 0.2) is 11.6 Å². The first-order valence-electron chi connectivity index (χ1n) is 9.93. The highest BCUT2D eigenvalue weighted by atomic mass is 16.3. The van der Waals surface area contributed by atoms with E-state index in [-0.39, 0.29) is 49.1 Å². The van der Waals surface area contributed by atoms with Crippen LogP contribution in [0.5, 0.6) is 0 Å². The molecule has 5 heteroatoms. The molecule has 0 heterocycles. The highest BCUT2D eigenvalue weighted by Crippen LogP contribution is 2.71. The van der Waals surface area contributed by atoms with E-state index in [1.165, 1.54) is 0 Å². The van der Waals surface area contributed by atoms with Crippen LogP contribution in [0.4, 0.5) is 0 Å². The molecule has 2 bridgehead atoms. The smallest absolute Gasteiger partial charge is 0.172 e. The Morgan fingerprint density at radius 2 is 1.85 bits per heavy atom. The van der Waals surface area contributed by atoms with Gasteiger partial charge in [-0.15, -0.1) is 0 Å². The first-order valence-corrected chi connectivity index (χ1v) is 9.93. The van der Waals surface area contributed by atoms with Gasteiger partial charge in [0.05, 0.1) is 12.0 Å². The third-order valence-electron chi connectivity index (χ3n) is 8.68. The molecule has 0 aromatic rings. The Morgan fingerprint density at radius 1 is 1.12 bits per heavy atom.